The SMILES string of the molecule is O=P(CCl)(CCl)NCc1ccccc1. The van der Waals surface area contributed by atoms with Crippen LogP contribution in [-0.2, 0) is 11.1 Å². The molecule has 1 N–H and O–H groups in total. The molecule has 1 aromatic carbocycles. The molecule has 0 radical (unpaired) electrons. The topological polar surface area (TPSA) is 29.1 Å². The van der Waals surface area contributed by atoms with E-state index >= 15 is 0 Å². The zero-order valence-corrected chi connectivity index (χ0v) is 10.0. The van der Waals surface area contributed by atoms with Crippen LogP contribution in [0.3, 0.4) is 0 Å². The lowest BCUT2D eigenvalue weighted by Crippen LogP contribution is -2.11. The van der Waals surface area contributed by atoms with Crippen molar-refractivity contribution in [1.29, 1.82) is 0 Å². The van der Waals surface area contributed by atoms with Crippen molar-refractivity contribution in [1.82, 2.24) is 5.09 Å². The lowest BCUT2D eigenvalue weighted by Gasteiger charge is -2.13. The van der Waals surface area contributed by atoms with E-state index in [0.717, 1.165) is 5.56 Å². The Kier molecular flexibility index (Phi) is 4.97. The van der Waals surface area contributed by atoms with Gasteiger partial charge in [-0.2, -0.15) is 0 Å². The Balaban J connectivity index is 2.52. The summed E-state index contributed by atoms with van der Waals surface area (Å²) in [7, 11) is -2.57. The molecule has 2 nitrogen and oxygen atoms in total. The van der Waals surface area contributed by atoms with Crippen molar-refractivity contribution in [3.05, 3.63) is 35.9 Å². The third-order valence-corrected chi connectivity index (χ3v) is 5.62. The Morgan fingerprint density at radius 1 is 1.14 bits per heavy atom. The van der Waals surface area contributed by atoms with E-state index in [2.05, 4.69) is 5.09 Å². The van der Waals surface area contributed by atoms with Crippen molar-refractivity contribution in [3.63, 3.8) is 0 Å². The van der Waals surface area contributed by atoms with Crippen molar-refractivity contribution in [2.24, 2.45) is 0 Å². The lowest BCUT2D eigenvalue weighted by atomic mass is 10.2. The van der Waals surface area contributed by atoms with Crippen molar-refractivity contribution >= 4 is 30.5 Å². The summed E-state index contributed by atoms with van der Waals surface area (Å²) in [5.41, 5.74) is 1.22. The molecule has 0 unspecified atom stereocenters. The third kappa shape index (κ3) is 3.62. The van der Waals surface area contributed by atoms with Crippen LogP contribution < -0.4 is 5.09 Å². The molecule has 0 aliphatic heterocycles. The van der Waals surface area contributed by atoms with Gasteiger partial charge in [0.25, 0.3) is 0 Å². The molecule has 1 aromatic rings. The molecule has 0 atom stereocenters. The van der Waals surface area contributed by atoms with Gasteiger partial charge in [0.2, 0.25) is 0 Å². The summed E-state index contributed by atoms with van der Waals surface area (Å²) in [6.45, 7) is 0.539. The van der Waals surface area contributed by atoms with Crippen LogP contribution in [0, 0.1) is 0 Å². The first kappa shape index (κ1) is 12.1. The molecular weight excluding hydrogens is 240 g/mol. The molecule has 0 aliphatic rings. The predicted molar refractivity (Wildman–Crippen MR) is 62.3 cm³/mol. The Hall–Kier alpha value is -0.0100. The first-order chi connectivity index (χ1) is 6.70. The Bertz CT molecular complexity index is 310. The number of rotatable bonds is 5. The minimum Gasteiger partial charge on any atom is -0.304 e. The fourth-order valence-corrected chi connectivity index (χ4v) is 2.93. The van der Waals surface area contributed by atoms with Crippen molar-refractivity contribution in [2.75, 3.05) is 11.2 Å². The van der Waals surface area contributed by atoms with Gasteiger partial charge in [-0.15, -0.1) is 23.2 Å². The van der Waals surface area contributed by atoms with Gasteiger partial charge in [0.05, 0.1) is 11.2 Å². The van der Waals surface area contributed by atoms with Crippen LogP contribution in [0.2, 0.25) is 0 Å². The second-order valence-corrected chi connectivity index (χ2v) is 6.96. The first-order valence-corrected chi connectivity index (χ1v) is 7.34. The van der Waals surface area contributed by atoms with Crippen LogP contribution in [-0.4, -0.2) is 11.2 Å². The van der Waals surface area contributed by atoms with Crippen molar-refractivity contribution in [3.8, 4) is 0 Å². The molecule has 0 spiro atoms. The van der Waals surface area contributed by atoms with Crippen molar-refractivity contribution in [2.45, 2.75) is 6.54 Å². The van der Waals surface area contributed by atoms with Gasteiger partial charge in [-0.1, -0.05) is 30.3 Å². The summed E-state index contributed by atoms with van der Waals surface area (Å²) in [4.78, 5) is 0. The minimum atomic E-state index is -2.57. The molecular formula is C9H12Cl2NOP. The molecule has 0 fully saturated rings. The molecule has 78 valence electrons. The maximum absolute atomic E-state index is 11.7. The molecule has 0 saturated heterocycles. The van der Waals surface area contributed by atoms with Gasteiger partial charge in [0.15, 0.2) is 7.29 Å². The zero-order valence-electron chi connectivity index (χ0n) is 7.62. The predicted octanol–water partition coefficient (Wildman–Crippen LogP) is 3.45. The Morgan fingerprint density at radius 3 is 2.21 bits per heavy atom. The molecule has 0 amide bonds. The number of benzene rings is 1. The lowest BCUT2D eigenvalue weighted by molar-refractivity contribution is 0.570. The average Bonchev–Trinajstić information content (AvgIpc) is 2.27. The van der Waals surface area contributed by atoms with E-state index in [4.69, 9.17) is 23.2 Å². The molecule has 0 saturated carbocycles. The van der Waals surface area contributed by atoms with E-state index in [1.54, 1.807) is 0 Å². The fraction of sp³-hybridized carbons (Fsp3) is 0.333. The van der Waals surface area contributed by atoms with Gasteiger partial charge >= 0.3 is 0 Å². The van der Waals surface area contributed by atoms with Crippen LogP contribution in [0.4, 0.5) is 0 Å². The normalized spacial score (nSPS) is 11.6. The summed E-state index contributed by atoms with van der Waals surface area (Å²) in [6, 6.07) is 9.72. The van der Waals surface area contributed by atoms with Gasteiger partial charge in [-0.05, 0) is 5.56 Å². The van der Waals surface area contributed by atoms with Gasteiger partial charge < -0.3 is 4.57 Å². The van der Waals surface area contributed by atoms with Crippen LogP contribution >= 0.6 is 30.5 Å². The quantitative estimate of drug-likeness (QED) is 0.642. The third-order valence-electron chi connectivity index (χ3n) is 1.80. The van der Waals surface area contributed by atoms with Gasteiger partial charge in [-0.3, -0.25) is 5.09 Å². The summed E-state index contributed by atoms with van der Waals surface area (Å²) in [5, 5.41) is 2.90. The molecule has 0 aliphatic carbocycles. The highest BCUT2D eigenvalue weighted by Gasteiger charge is 2.17. The molecule has 1 rings (SSSR count). The molecule has 0 aromatic heterocycles. The summed E-state index contributed by atoms with van der Waals surface area (Å²) in [5.74, 6) is 0. The van der Waals surface area contributed by atoms with Gasteiger partial charge in [0, 0.05) is 6.54 Å². The maximum Gasteiger partial charge on any atom is 0.176 e. The smallest absolute Gasteiger partial charge is 0.176 e. The van der Waals surface area contributed by atoms with E-state index < -0.39 is 7.29 Å². The van der Waals surface area contributed by atoms with E-state index in [1.165, 1.54) is 0 Å². The van der Waals surface area contributed by atoms with Gasteiger partial charge in [0.1, 0.15) is 0 Å². The molecule has 14 heavy (non-hydrogen) atoms. The summed E-state index contributed by atoms with van der Waals surface area (Å²) < 4.78 is 11.7. The Labute approximate surface area is 94.0 Å². The highest BCUT2D eigenvalue weighted by atomic mass is 35.5. The molecule has 0 bridgehead atoms. The summed E-state index contributed by atoms with van der Waals surface area (Å²) >= 11 is 11.1. The Morgan fingerprint density at radius 2 is 1.71 bits per heavy atom. The van der Waals surface area contributed by atoms with Crippen LogP contribution in [0.5, 0.6) is 0 Å². The largest absolute Gasteiger partial charge is 0.304 e. The van der Waals surface area contributed by atoms with E-state index in [0.29, 0.717) is 6.54 Å². The second kappa shape index (κ2) is 5.77. The second-order valence-electron chi connectivity index (χ2n) is 2.95. The fourth-order valence-electron chi connectivity index (χ4n) is 0.948. The molecule has 5 heteroatoms. The van der Waals surface area contributed by atoms with Crippen molar-refractivity contribution < 1.29 is 4.57 Å². The highest BCUT2D eigenvalue weighted by Crippen LogP contribution is 2.43. The highest BCUT2D eigenvalue weighted by molar-refractivity contribution is 7.64. The summed E-state index contributed by atoms with van der Waals surface area (Å²) in [6.07, 6.45) is 0. The number of nitrogens with one attached hydrogen (secondary N) is 1. The minimum absolute atomic E-state index is 0.0728. The zero-order chi connectivity index (χ0) is 10.4. The number of hydrogen-bond acceptors (Lipinski definition) is 1. The monoisotopic (exact) mass is 251 g/mol. The number of hydrogen-bond donors (Lipinski definition) is 1. The van der Waals surface area contributed by atoms with E-state index in [-0.39, 0.29) is 11.2 Å². The van der Waals surface area contributed by atoms with Gasteiger partial charge in [-0.25, -0.2) is 0 Å². The van der Waals surface area contributed by atoms with E-state index in [1.807, 2.05) is 30.3 Å². The van der Waals surface area contributed by atoms with Crippen LogP contribution in [0.15, 0.2) is 30.3 Å². The van der Waals surface area contributed by atoms with E-state index in [9.17, 15) is 4.57 Å². The first-order valence-electron chi connectivity index (χ1n) is 4.19. The number of alkyl halides is 2. The number of halogens is 2. The average molecular weight is 252 g/mol. The molecule has 0 heterocycles. The van der Waals surface area contributed by atoms with Crippen LogP contribution in [0.25, 0.3) is 0 Å². The van der Waals surface area contributed by atoms with Crippen LogP contribution in [0.1, 0.15) is 5.56 Å². The standard InChI is InChI=1S/C9H12Cl2NOP/c10-7-14(13,8-11)12-6-9-4-2-1-3-5-9/h1-5H,6-8H2,(H,12,13). The maximum atomic E-state index is 11.7.